The Kier molecular flexibility index (Phi) is 9.64. The number of benzene rings is 9. The molecule has 0 N–H and O–H groups in total. The Bertz CT molecular complexity index is 4010. The summed E-state index contributed by atoms with van der Waals surface area (Å²) in [6.45, 7) is 27.7. The van der Waals surface area contributed by atoms with E-state index in [1.165, 1.54) is 82.6 Å². The van der Waals surface area contributed by atoms with Gasteiger partial charge in [-0.1, -0.05) is 168 Å². The lowest BCUT2D eigenvalue weighted by Gasteiger charge is -2.41. The van der Waals surface area contributed by atoms with Crippen LogP contribution in [0.15, 0.2) is 174 Å². The molecule has 0 fully saturated rings. The van der Waals surface area contributed by atoms with Crippen LogP contribution in [0.3, 0.4) is 0 Å². The van der Waals surface area contributed by atoms with E-state index >= 15 is 0 Å². The summed E-state index contributed by atoms with van der Waals surface area (Å²) in [5.74, 6) is 0. The number of para-hydroxylation sites is 2. The molecular weight excluding hydrogens is 886 g/mol. The van der Waals surface area contributed by atoms with Crippen molar-refractivity contribution in [3.05, 3.63) is 192 Å². The van der Waals surface area contributed by atoms with Gasteiger partial charge in [0.15, 0.2) is 5.58 Å². The van der Waals surface area contributed by atoms with Crippen LogP contribution in [0.25, 0.3) is 65.6 Å². The average Bonchev–Trinajstić information content (AvgIpc) is 3.92. The molecule has 0 aliphatic carbocycles. The lowest BCUT2D eigenvalue weighted by molar-refractivity contribution is 0.590. The van der Waals surface area contributed by atoms with Crippen LogP contribution >= 0.6 is 0 Å². The van der Waals surface area contributed by atoms with Gasteiger partial charge >= 0.3 is 6.85 Å². The zero-order chi connectivity index (χ0) is 50.7. The highest BCUT2D eigenvalue weighted by Crippen LogP contribution is 2.51. The van der Waals surface area contributed by atoms with Crippen molar-refractivity contribution in [2.24, 2.45) is 0 Å². The molecule has 360 valence electrons. The molecule has 0 atom stereocenters. The van der Waals surface area contributed by atoms with Crippen LogP contribution in [0.5, 0.6) is 0 Å². The van der Waals surface area contributed by atoms with Crippen molar-refractivity contribution < 1.29 is 4.42 Å². The maximum Gasteiger partial charge on any atom is 0.333 e. The molecule has 73 heavy (non-hydrogen) atoms. The molecule has 13 rings (SSSR count). The topological polar surface area (TPSA) is 24.6 Å². The maximum atomic E-state index is 6.98. The molecular formula is C68H64BN3O. The highest BCUT2D eigenvalue weighted by atomic mass is 16.3. The van der Waals surface area contributed by atoms with Crippen molar-refractivity contribution in [2.45, 2.75) is 105 Å². The van der Waals surface area contributed by atoms with Crippen LogP contribution in [0, 0.1) is 0 Å². The molecule has 0 radical (unpaired) electrons. The molecule has 11 aromatic rings. The molecule has 2 aliphatic heterocycles. The third-order valence-corrected chi connectivity index (χ3v) is 16.2. The van der Waals surface area contributed by atoms with Gasteiger partial charge in [-0.25, -0.2) is 0 Å². The first kappa shape index (κ1) is 45.4. The van der Waals surface area contributed by atoms with Crippen LogP contribution in [0.1, 0.15) is 105 Å². The van der Waals surface area contributed by atoms with Crippen molar-refractivity contribution >= 4 is 106 Å². The molecule has 0 bridgehead atoms. The van der Waals surface area contributed by atoms with Gasteiger partial charge in [0, 0.05) is 66.6 Å². The number of nitrogens with zero attached hydrogens (tertiary/aromatic N) is 3. The van der Waals surface area contributed by atoms with Crippen molar-refractivity contribution in [3.8, 4) is 11.1 Å². The summed E-state index contributed by atoms with van der Waals surface area (Å²) in [6.07, 6.45) is 0. The Morgan fingerprint density at radius 2 is 1.00 bits per heavy atom. The summed E-state index contributed by atoms with van der Waals surface area (Å²) >= 11 is 0. The second-order valence-corrected chi connectivity index (χ2v) is 25.1. The molecule has 0 saturated carbocycles. The normalized spacial score (nSPS) is 13.7. The Labute approximate surface area is 431 Å². The second kappa shape index (κ2) is 15.5. The molecule has 0 amide bonds. The van der Waals surface area contributed by atoms with Crippen molar-refractivity contribution in [3.63, 3.8) is 0 Å². The predicted octanol–water partition coefficient (Wildman–Crippen LogP) is 17.9. The average molecular weight is 950 g/mol. The fourth-order valence-electron chi connectivity index (χ4n) is 12.1. The van der Waals surface area contributed by atoms with Gasteiger partial charge in [-0.05, 0) is 156 Å². The fourth-order valence-corrected chi connectivity index (χ4v) is 12.1. The lowest BCUT2D eigenvalue weighted by Crippen LogP contribution is -2.56. The van der Waals surface area contributed by atoms with Gasteiger partial charge in [0.25, 0.3) is 0 Å². The zero-order valence-electron chi connectivity index (χ0n) is 44.5. The van der Waals surface area contributed by atoms with Crippen molar-refractivity contribution in [1.29, 1.82) is 0 Å². The third kappa shape index (κ3) is 6.94. The van der Waals surface area contributed by atoms with Gasteiger partial charge in [-0.15, -0.1) is 0 Å². The van der Waals surface area contributed by atoms with E-state index in [0.29, 0.717) is 0 Å². The van der Waals surface area contributed by atoms with Crippen LogP contribution in [-0.4, -0.2) is 11.3 Å². The Hall–Kier alpha value is -7.50. The first-order chi connectivity index (χ1) is 34.7. The summed E-state index contributed by atoms with van der Waals surface area (Å²) in [7, 11) is 0. The van der Waals surface area contributed by atoms with Crippen molar-refractivity contribution in [2.75, 3.05) is 9.80 Å². The van der Waals surface area contributed by atoms with E-state index in [0.717, 1.165) is 50.4 Å². The van der Waals surface area contributed by atoms with E-state index in [1.54, 1.807) is 0 Å². The fraction of sp³-hybridized carbons (Fsp3) is 0.235. The largest absolute Gasteiger partial charge is 0.454 e. The molecule has 2 aliphatic rings. The number of hydrogen-bond acceptors (Lipinski definition) is 3. The molecule has 4 heterocycles. The van der Waals surface area contributed by atoms with E-state index in [1.807, 2.05) is 0 Å². The van der Waals surface area contributed by atoms with Gasteiger partial charge in [-0.3, -0.25) is 0 Å². The van der Waals surface area contributed by atoms with E-state index < -0.39 is 0 Å². The molecule has 0 unspecified atom stereocenters. The third-order valence-electron chi connectivity index (χ3n) is 16.2. The highest BCUT2D eigenvalue weighted by molar-refractivity contribution is 6.90. The quantitative estimate of drug-likeness (QED) is 0.164. The first-order valence-corrected chi connectivity index (χ1v) is 26.3. The van der Waals surface area contributed by atoms with Gasteiger partial charge in [-0.2, -0.15) is 0 Å². The molecule has 0 spiro atoms. The molecule has 5 heteroatoms. The lowest BCUT2D eigenvalue weighted by atomic mass is 9.44. The van der Waals surface area contributed by atoms with Gasteiger partial charge in [0.05, 0.1) is 5.69 Å². The van der Waals surface area contributed by atoms with Gasteiger partial charge < -0.3 is 18.7 Å². The number of fused-ring (bicyclic) bond motifs is 12. The van der Waals surface area contributed by atoms with Crippen molar-refractivity contribution in [1.82, 2.24) is 4.48 Å². The summed E-state index contributed by atoms with van der Waals surface area (Å²) in [5.41, 5.74) is 21.4. The highest BCUT2D eigenvalue weighted by Gasteiger charge is 2.45. The maximum absolute atomic E-state index is 6.98. The smallest absolute Gasteiger partial charge is 0.333 e. The minimum Gasteiger partial charge on any atom is -0.454 e. The Morgan fingerprint density at radius 1 is 0.425 bits per heavy atom. The summed E-state index contributed by atoms with van der Waals surface area (Å²) in [4.78, 5) is 5.00. The number of rotatable bonds is 4. The van der Waals surface area contributed by atoms with Crippen LogP contribution < -0.4 is 20.7 Å². The standard InChI is InChI=1S/C68H64BN3O/c1-65(2,3)42-24-29-46(30-25-42)70(47-31-26-43(27-32-47)66(4,5)6)48-33-35-57-55(40-48)69-62-59(71(57)58-22-17-21-51-50-20-15-16-23-60(50)73-64(51)58)36-41-18-13-14-19-49(41)61(62)54-39-45(68(10,11)12)38-53-52-37-44(67(7,8)9)28-34-56(52)72(69)63(53)54/h13-40H,1-12H3. The Balaban J connectivity index is 1.17. The molecule has 9 aromatic carbocycles. The first-order valence-electron chi connectivity index (χ1n) is 26.3. The van der Waals surface area contributed by atoms with E-state index in [4.69, 9.17) is 4.42 Å². The summed E-state index contributed by atoms with van der Waals surface area (Å²) < 4.78 is 9.71. The van der Waals surface area contributed by atoms with Crippen LogP contribution in [0.2, 0.25) is 0 Å². The summed E-state index contributed by atoms with van der Waals surface area (Å²) in [6, 6.07) is 64.8. The minimum atomic E-state index is -0.169. The minimum absolute atomic E-state index is 0.0222. The SMILES string of the molecule is CC(C)(C)c1ccc(N(c2ccc(C(C)(C)C)cc2)c2ccc3c(c2)B2c4c(cc5ccccc5c4-c4cc(C(C)(C)C)cc5c6cc(C(C)(C)C)ccc6n2c45)N3c2cccc3c2oc2ccccc23)cc1. The van der Waals surface area contributed by atoms with E-state index in [9.17, 15) is 0 Å². The Morgan fingerprint density at radius 3 is 1.66 bits per heavy atom. The molecule has 2 aromatic heterocycles. The summed E-state index contributed by atoms with van der Waals surface area (Å²) in [5, 5.41) is 7.34. The number of hydrogen-bond donors (Lipinski definition) is 0. The van der Waals surface area contributed by atoms with Gasteiger partial charge in [0.2, 0.25) is 0 Å². The number of aromatic nitrogens is 1. The molecule has 0 saturated heterocycles. The number of furan rings is 1. The second-order valence-electron chi connectivity index (χ2n) is 25.1. The van der Waals surface area contributed by atoms with Gasteiger partial charge in [0.1, 0.15) is 5.58 Å². The predicted molar refractivity (Wildman–Crippen MR) is 314 cm³/mol. The zero-order valence-corrected chi connectivity index (χ0v) is 44.5. The van der Waals surface area contributed by atoms with Crippen LogP contribution in [-0.2, 0) is 21.7 Å². The van der Waals surface area contributed by atoms with Crippen LogP contribution in [0.4, 0.5) is 34.1 Å². The monoisotopic (exact) mass is 950 g/mol. The number of anilines is 6. The molecule has 4 nitrogen and oxygen atoms in total. The van der Waals surface area contributed by atoms with E-state index in [2.05, 4.69) is 267 Å². The van der Waals surface area contributed by atoms with E-state index in [-0.39, 0.29) is 28.5 Å².